The van der Waals surface area contributed by atoms with Crippen LogP contribution in [-0.2, 0) is 18.1 Å². The fourth-order valence-corrected chi connectivity index (χ4v) is 3.27. The molecule has 0 rings (SSSR count). The lowest BCUT2D eigenvalue weighted by Gasteiger charge is -2.24. The Hall–Kier alpha value is -0.233. The summed E-state index contributed by atoms with van der Waals surface area (Å²) in [6.07, 6.45) is 5.82. The third-order valence-corrected chi connectivity index (χ3v) is 5.32. The van der Waals surface area contributed by atoms with Gasteiger partial charge in [0, 0.05) is 33.8 Å². The predicted molar refractivity (Wildman–Crippen MR) is 60.7 cm³/mol. The van der Waals surface area contributed by atoms with Gasteiger partial charge in [0.2, 0.25) is 0 Å². The minimum atomic E-state index is -2.36. The molecule has 0 saturated heterocycles. The van der Waals surface area contributed by atoms with Crippen LogP contribution in [0.15, 0.2) is 0 Å². The number of carbonyl (C=O) groups is 1. The van der Waals surface area contributed by atoms with E-state index in [2.05, 4.69) is 0 Å². The maximum atomic E-state index is 10.1. The molecule has 0 heterocycles. The van der Waals surface area contributed by atoms with E-state index in [1.54, 1.807) is 21.3 Å². The molecular weight excluding hydrogens is 212 g/mol. The fourth-order valence-electron chi connectivity index (χ4n) is 1.48. The summed E-state index contributed by atoms with van der Waals surface area (Å²) in [6.45, 7) is 0. The molecule has 0 fully saturated rings. The Morgan fingerprint density at radius 1 is 0.933 bits per heavy atom. The first kappa shape index (κ1) is 14.8. The molecule has 15 heavy (non-hydrogen) atoms. The van der Waals surface area contributed by atoms with Gasteiger partial charge in [0.15, 0.2) is 0 Å². The molecule has 0 spiro atoms. The van der Waals surface area contributed by atoms with Gasteiger partial charge in [0.25, 0.3) is 0 Å². The third kappa shape index (κ3) is 6.04. The SMILES string of the molecule is CO[Si](CCCCCCC=O)(OC)OC. The van der Waals surface area contributed by atoms with Crippen molar-refractivity contribution < 1.29 is 18.1 Å². The van der Waals surface area contributed by atoms with E-state index in [9.17, 15) is 4.79 Å². The van der Waals surface area contributed by atoms with Crippen molar-refractivity contribution >= 4 is 15.1 Å². The van der Waals surface area contributed by atoms with Crippen LogP contribution in [0.3, 0.4) is 0 Å². The first-order valence-electron chi connectivity index (χ1n) is 5.33. The molecule has 0 aromatic heterocycles. The van der Waals surface area contributed by atoms with Gasteiger partial charge in [-0.05, 0) is 12.8 Å². The molecule has 0 aromatic carbocycles. The highest BCUT2D eigenvalue weighted by Gasteiger charge is 2.36. The molecule has 0 aliphatic carbocycles. The van der Waals surface area contributed by atoms with Gasteiger partial charge >= 0.3 is 8.80 Å². The normalized spacial score (nSPS) is 11.7. The summed E-state index contributed by atoms with van der Waals surface area (Å²) >= 11 is 0. The van der Waals surface area contributed by atoms with E-state index in [1.807, 2.05) is 0 Å². The van der Waals surface area contributed by atoms with Gasteiger partial charge in [-0.3, -0.25) is 0 Å². The van der Waals surface area contributed by atoms with Crippen LogP contribution in [0.4, 0.5) is 0 Å². The summed E-state index contributed by atoms with van der Waals surface area (Å²) in [5.41, 5.74) is 0. The highest BCUT2D eigenvalue weighted by molar-refractivity contribution is 6.60. The Bertz CT molecular complexity index is 151. The number of hydrogen-bond acceptors (Lipinski definition) is 4. The second-order valence-corrected chi connectivity index (χ2v) is 6.51. The molecular formula is C10H22O4Si. The summed E-state index contributed by atoms with van der Waals surface area (Å²) in [5, 5.41) is 0. The van der Waals surface area contributed by atoms with Crippen molar-refractivity contribution in [1.29, 1.82) is 0 Å². The largest absolute Gasteiger partial charge is 0.500 e. The Balaban J connectivity index is 3.58. The van der Waals surface area contributed by atoms with Crippen LogP contribution < -0.4 is 0 Å². The Labute approximate surface area is 93.3 Å². The molecule has 0 aromatic rings. The van der Waals surface area contributed by atoms with Crippen molar-refractivity contribution in [2.45, 2.75) is 38.1 Å². The number of aldehydes is 1. The van der Waals surface area contributed by atoms with Crippen LogP contribution in [0.5, 0.6) is 0 Å². The molecule has 5 heteroatoms. The van der Waals surface area contributed by atoms with Crippen molar-refractivity contribution in [3.8, 4) is 0 Å². The van der Waals surface area contributed by atoms with Gasteiger partial charge < -0.3 is 18.1 Å². The topological polar surface area (TPSA) is 44.8 Å². The molecule has 90 valence electrons. The zero-order chi connectivity index (χ0) is 11.6. The maximum absolute atomic E-state index is 10.1. The van der Waals surface area contributed by atoms with Crippen molar-refractivity contribution in [2.24, 2.45) is 0 Å². The molecule has 0 amide bonds. The maximum Gasteiger partial charge on any atom is 0.500 e. The van der Waals surface area contributed by atoms with Crippen molar-refractivity contribution in [2.75, 3.05) is 21.3 Å². The highest BCUT2D eigenvalue weighted by atomic mass is 28.4. The summed E-state index contributed by atoms with van der Waals surface area (Å²) < 4.78 is 15.9. The lowest BCUT2D eigenvalue weighted by Crippen LogP contribution is -2.42. The predicted octanol–water partition coefficient (Wildman–Crippen LogP) is 2.01. The van der Waals surface area contributed by atoms with Crippen molar-refractivity contribution in [3.05, 3.63) is 0 Å². The van der Waals surface area contributed by atoms with Gasteiger partial charge in [0.05, 0.1) is 0 Å². The van der Waals surface area contributed by atoms with Gasteiger partial charge in [-0.1, -0.05) is 12.8 Å². The Morgan fingerprint density at radius 2 is 1.47 bits per heavy atom. The monoisotopic (exact) mass is 234 g/mol. The van der Waals surface area contributed by atoms with Crippen LogP contribution in [0, 0.1) is 0 Å². The Morgan fingerprint density at radius 3 is 1.93 bits per heavy atom. The molecule has 0 aliphatic heterocycles. The summed E-state index contributed by atoms with van der Waals surface area (Å²) in [5.74, 6) is 0. The fraction of sp³-hybridized carbons (Fsp3) is 0.900. The number of unbranched alkanes of at least 4 members (excludes halogenated alkanes) is 4. The van der Waals surface area contributed by atoms with Crippen LogP contribution in [-0.4, -0.2) is 36.4 Å². The zero-order valence-corrected chi connectivity index (χ0v) is 11.0. The van der Waals surface area contributed by atoms with Crippen LogP contribution in [0.25, 0.3) is 0 Å². The average Bonchev–Trinajstić information content (AvgIpc) is 2.29. The molecule has 0 atom stereocenters. The van der Waals surface area contributed by atoms with Crippen molar-refractivity contribution in [1.82, 2.24) is 0 Å². The van der Waals surface area contributed by atoms with E-state index in [0.29, 0.717) is 6.42 Å². The zero-order valence-electron chi connectivity index (χ0n) is 9.95. The first-order valence-corrected chi connectivity index (χ1v) is 7.27. The smallest absolute Gasteiger partial charge is 0.377 e. The first-order chi connectivity index (χ1) is 7.24. The molecule has 0 N–H and O–H groups in total. The summed E-state index contributed by atoms with van der Waals surface area (Å²) in [6, 6.07) is 0.845. The second-order valence-electron chi connectivity index (χ2n) is 3.41. The van der Waals surface area contributed by atoms with Crippen LogP contribution >= 0.6 is 0 Å². The quantitative estimate of drug-likeness (QED) is 0.329. The van der Waals surface area contributed by atoms with Gasteiger partial charge in [0.1, 0.15) is 6.29 Å². The summed E-state index contributed by atoms with van der Waals surface area (Å²) in [4.78, 5) is 10.1. The number of rotatable bonds is 10. The molecule has 4 nitrogen and oxygen atoms in total. The second kappa shape index (κ2) is 9.03. The van der Waals surface area contributed by atoms with Gasteiger partial charge in [-0.25, -0.2) is 0 Å². The minimum absolute atomic E-state index is 0.668. The van der Waals surface area contributed by atoms with E-state index in [4.69, 9.17) is 13.3 Å². The Kier molecular flexibility index (Phi) is 8.89. The molecule has 0 aliphatic rings. The van der Waals surface area contributed by atoms with Gasteiger partial charge in [-0.15, -0.1) is 0 Å². The molecule has 0 unspecified atom stereocenters. The van der Waals surface area contributed by atoms with E-state index >= 15 is 0 Å². The summed E-state index contributed by atoms with van der Waals surface area (Å²) in [7, 11) is 2.54. The lowest BCUT2D eigenvalue weighted by atomic mass is 10.2. The molecule has 0 radical (unpaired) electrons. The highest BCUT2D eigenvalue weighted by Crippen LogP contribution is 2.17. The molecule has 0 saturated carbocycles. The van der Waals surface area contributed by atoms with Crippen LogP contribution in [0.2, 0.25) is 6.04 Å². The lowest BCUT2D eigenvalue weighted by molar-refractivity contribution is -0.107. The third-order valence-electron chi connectivity index (χ3n) is 2.49. The van der Waals surface area contributed by atoms with Crippen molar-refractivity contribution in [3.63, 3.8) is 0 Å². The average molecular weight is 234 g/mol. The van der Waals surface area contributed by atoms with Crippen LogP contribution in [0.1, 0.15) is 32.1 Å². The van der Waals surface area contributed by atoms with E-state index < -0.39 is 8.80 Å². The minimum Gasteiger partial charge on any atom is -0.377 e. The number of carbonyl (C=O) groups excluding carboxylic acids is 1. The van der Waals surface area contributed by atoms with E-state index in [-0.39, 0.29) is 0 Å². The standard InChI is InChI=1S/C10H22O4Si/c1-12-15(13-2,14-3)10-8-6-4-5-7-9-11/h9H,4-8,10H2,1-3H3. The molecule has 0 bridgehead atoms. The van der Waals surface area contributed by atoms with E-state index in [1.165, 1.54) is 0 Å². The number of hydrogen-bond donors (Lipinski definition) is 0. The van der Waals surface area contributed by atoms with E-state index in [0.717, 1.165) is 38.0 Å². The van der Waals surface area contributed by atoms with Gasteiger partial charge in [-0.2, -0.15) is 0 Å².